The molecule has 0 aliphatic carbocycles. The van der Waals surface area contributed by atoms with Crippen LogP contribution in [0, 0.1) is 5.82 Å². The molecule has 4 heterocycles. The molecule has 4 aromatic rings. The van der Waals surface area contributed by atoms with Crippen molar-refractivity contribution in [3.8, 4) is 11.3 Å². The number of benzene rings is 1. The Balaban J connectivity index is 1.31. The highest BCUT2D eigenvalue weighted by Crippen LogP contribution is 2.30. The average molecular weight is 431 g/mol. The third-order valence-corrected chi connectivity index (χ3v) is 5.63. The molecular formula is C23H22FN7O. The number of fused-ring (bicyclic) bond motifs is 1. The first kappa shape index (κ1) is 19.9. The number of hydrogen-bond donors (Lipinski definition) is 1. The minimum Gasteiger partial charge on any atom is -0.368 e. The molecule has 162 valence electrons. The van der Waals surface area contributed by atoms with Crippen LogP contribution in [-0.2, 0) is 4.79 Å². The fourth-order valence-corrected chi connectivity index (χ4v) is 3.96. The maximum atomic E-state index is 14.5. The number of aromatic nitrogens is 4. The number of pyridine rings is 1. The van der Waals surface area contributed by atoms with Crippen LogP contribution in [0.1, 0.15) is 0 Å². The van der Waals surface area contributed by atoms with Gasteiger partial charge in [-0.3, -0.25) is 19.2 Å². The van der Waals surface area contributed by atoms with E-state index >= 15 is 0 Å². The van der Waals surface area contributed by atoms with Gasteiger partial charge >= 0.3 is 0 Å². The van der Waals surface area contributed by atoms with Gasteiger partial charge in [-0.25, -0.2) is 9.37 Å². The zero-order chi connectivity index (χ0) is 21.9. The lowest BCUT2D eigenvalue weighted by Crippen LogP contribution is -2.50. The summed E-state index contributed by atoms with van der Waals surface area (Å²) in [6.07, 6.45) is 8.53. The predicted molar refractivity (Wildman–Crippen MR) is 120 cm³/mol. The van der Waals surface area contributed by atoms with Crippen molar-refractivity contribution in [1.82, 2.24) is 24.3 Å². The van der Waals surface area contributed by atoms with Gasteiger partial charge in [0.2, 0.25) is 5.91 Å². The van der Waals surface area contributed by atoms with E-state index in [9.17, 15) is 9.18 Å². The first-order chi connectivity index (χ1) is 15.7. The molecule has 3 aromatic heterocycles. The van der Waals surface area contributed by atoms with Crippen molar-refractivity contribution in [3.05, 3.63) is 73.2 Å². The minimum absolute atomic E-state index is 0.0112. The van der Waals surface area contributed by atoms with E-state index in [4.69, 9.17) is 0 Å². The molecule has 0 saturated carbocycles. The number of halogens is 1. The average Bonchev–Trinajstić information content (AvgIpc) is 3.22. The molecule has 1 amide bonds. The molecule has 8 nitrogen and oxygen atoms in total. The summed E-state index contributed by atoms with van der Waals surface area (Å²) in [4.78, 5) is 29.7. The van der Waals surface area contributed by atoms with Gasteiger partial charge in [0.1, 0.15) is 17.3 Å². The van der Waals surface area contributed by atoms with Gasteiger partial charge in [-0.15, -0.1) is 0 Å². The normalized spacial score (nSPS) is 14.0. The molecule has 0 unspecified atom stereocenters. The lowest BCUT2D eigenvalue weighted by molar-refractivity contribution is -0.129. The monoisotopic (exact) mass is 431 g/mol. The van der Waals surface area contributed by atoms with Gasteiger partial charge in [-0.05, 0) is 24.3 Å². The summed E-state index contributed by atoms with van der Waals surface area (Å²) in [7, 11) is 0. The topological polar surface area (TPSA) is 78.7 Å². The molecular weight excluding hydrogens is 409 g/mol. The second-order valence-electron chi connectivity index (χ2n) is 7.52. The first-order valence-electron chi connectivity index (χ1n) is 10.4. The second-order valence-corrected chi connectivity index (χ2v) is 7.52. The van der Waals surface area contributed by atoms with Gasteiger partial charge in [-0.1, -0.05) is 12.1 Å². The van der Waals surface area contributed by atoms with Crippen LogP contribution in [0.3, 0.4) is 0 Å². The Morgan fingerprint density at radius 3 is 2.56 bits per heavy atom. The standard InChI is InChI=1S/C23H22FN7O/c24-19-4-2-1-3-18(19)22-23(31-10-9-26-15-20(31)28-22)27-16-21(32)30-13-11-29(12-14-30)17-5-7-25-8-6-17/h1-10,15,27H,11-14,16H2. The summed E-state index contributed by atoms with van der Waals surface area (Å²) < 4.78 is 16.3. The van der Waals surface area contributed by atoms with Gasteiger partial charge in [0.05, 0.1) is 12.7 Å². The fourth-order valence-electron chi connectivity index (χ4n) is 3.96. The largest absolute Gasteiger partial charge is 0.368 e. The van der Waals surface area contributed by atoms with Crippen LogP contribution < -0.4 is 10.2 Å². The molecule has 1 aromatic carbocycles. The maximum absolute atomic E-state index is 14.5. The highest BCUT2D eigenvalue weighted by Gasteiger charge is 2.23. The third kappa shape index (κ3) is 3.84. The molecule has 0 bridgehead atoms. The van der Waals surface area contributed by atoms with Crippen LogP contribution in [0.5, 0.6) is 0 Å². The van der Waals surface area contributed by atoms with Crippen LogP contribution in [0.4, 0.5) is 15.9 Å². The van der Waals surface area contributed by atoms with Crippen LogP contribution in [-0.4, -0.2) is 62.9 Å². The summed E-state index contributed by atoms with van der Waals surface area (Å²) >= 11 is 0. The quantitative estimate of drug-likeness (QED) is 0.524. The van der Waals surface area contributed by atoms with Crippen LogP contribution in [0.25, 0.3) is 16.9 Å². The van der Waals surface area contributed by atoms with E-state index in [2.05, 4.69) is 25.2 Å². The summed E-state index contributed by atoms with van der Waals surface area (Å²) in [5.41, 5.74) is 2.51. The van der Waals surface area contributed by atoms with Crippen molar-refractivity contribution in [1.29, 1.82) is 0 Å². The highest BCUT2D eigenvalue weighted by atomic mass is 19.1. The molecule has 0 atom stereocenters. The summed E-state index contributed by atoms with van der Waals surface area (Å²) in [5, 5.41) is 3.19. The SMILES string of the molecule is O=C(CNc1c(-c2ccccc2F)nc2cnccn12)N1CCN(c2ccncc2)CC1. The number of piperazine rings is 1. The summed E-state index contributed by atoms with van der Waals surface area (Å²) in [6, 6.07) is 10.4. The number of nitrogens with one attached hydrogen (secondary N) is 1. The fraction of sp³-hybridized carbons (Fsp3) is 0.217. The van der Waals surface area contributed by atoms with Crippen LogP contribution >= 0.6 is 0 Å². The summed E-state index contributed by atoms with van der Waals surface area (Å²) in [6.45, 7) is 2.89. The molecule has 1 N–H and O–H groups in total. The molecule has 1 fully saturated rings. The smallest absolute Gasteiger partial charge is 0.242 e. The van der Waals surface area contributed by atoms with E-state index in [1.807, 2.05) is 17.0 Å². The van der Waals surface area contributed by atoms with Gasteiger partial charge in [-0.2, -0.15) is 0 Å². The molecule has 5 rings (SSSR count). The Morgan fingerprint density at radius 2 is 1.78 bits per heavy atom. The Hall–Kier alpha value is -4.01. The predicted octanol–water partition coefficient (Wildman–Crippen LogP) is 2.69. The lowest BCUT2D eigenvalue weighted by atomic mass is 10.1. The Morgan fingerprint density at radius 1 is 1.00 bits per heavy atom. The van der Waals surface area contributed by atoms with E-state index in [0.29, 0.717) is 35.8 Å². The zero-order valence-electron chi connectivity index (χ0n) is 17.4. The van der Waals surface area contributed by atoms with Gasteiger partial charge in [0.25, 0.3) is 0 Å². The number of amides is 1. The summed E-state index contributed by atoms with van der Waals surface area (Å²) in [5.74, 6) is 0.185. The Kier molecular flexibility index (Phi) is 5.37. The number of rotatable bonds is 5. The zero-order valence-corrected chi connectivity index (χ0v) is 17.4. The molecule has 0 radical (unpaired) electrons. The van der Waals surface area contributed by atoms with E-state index in [1.54, 1.807) is 53.6 Å². The molecule has 9 heteroatoms. The minimum atomic E-state index is -0.370. The number of hydrogen-bond acceptors (Lipinski definition) is 6. The van der Waals surface area contributed by atoms with E-state index in [1.165, 1.54) is 6.07 Å². The molecule has 32 heavy (non-hydrogen) atoms. The number of carbonyl (C=O) groups is 1. The van der Waals surface area contributed by atoms with Crippen molar-refractivity contribution in [3.63, 3.8) is 0 Å². The molecule has 1 aliphatic rings. The lowest BCUT2D eigenvalue weighted by Gasteiger charge is -2.36. The molecule has 1 saturated heterocycles. The Bertz CT molecular complexity index is 1240. The van der Waals surface area contributed by atoms with E-state index in [-0.39, 0.29) is 18.3 Å². The second kappa shape index (κ2) is 8.62. The van der Waals surface area contributed by atoms with Gasteiger partial charge in [0.15, 0.2) is 5.65 Å². The van der Waals surface area contributed by atoms with E-state index in [0.717, 1.165) is 18.8 Å². The van der Waals surface area contributed by atoms with Crippen molar-refractivity contribution in [2.75, 3.05) is 42.9 Å². The van der Waals surface area contributed by atoms with Crippen molar-refractivity contribution < 1.29 is 9.18 Å². The number of anilines is 2. The maximum Gasteiger partial charge on any atom is 0.242 e. The molecule has 1 aliphatic heterocycles. The van der Waals surface area contributed by atoms with Gasteiger partial charge < -0.3 is 15.1 Å². The van der Waals surface area contributed by atoms with Crippen molar-refractivity contribution in [2.45, 2.75) is 0 Å². The third-order valence-electron chi connectivity index (χ3n) is 5.63. The van der Waals surface area contributed by atoms with Crippen LogP contribution in [0.15, 0.2) is 67.4 Å². The van der Waals surface area contributed by atoms with E-state index < -0.39 is 0 Å². The Labute approximate surface area is 184 Å². The molecule has 0 spiro atoms. The number of nitrogens with zero attached hydrogens (tertiary/aromatic N) is 6. The van der Waals surface area contributed by atoms with Crippen LogP contribution in [0.2, 0.25) is 0 Å². The number of imidazole rings is 1. The highest BCUT2D eigenvalue weighted by molar-refractivity contribution is 5.84. The van der Waals surface area contributed by atoms with Crippen molar-refractivity contribution in [2.24, 2.45) is 0 Å². The van der Waals surface area contributed by atoms with Crippen molar-refractivity contribution >= 4 is 23.1 Å². The number of carbonyl (C=O) groups excluding carboxylic acids is 1. The van der Waals surface area contributed by atoms with Gasteiger partial charge in [0, 0.05) is 62.2 Å². The first-order valence-corrected chi connectivity index (χ1v) is 10.4.